The molecule has 1 aromatic heterocycles. The van der Waals surface area contributed by atoms with Crippen molar-refractivity contribution >= 4 is 29.2 Å². The van der Waals surface area contributed by atoms with Crippen molar-refractivity contribution in [2.75, 3.05) is 13.1 Å². The molecule has 3 N–H and O–H groups in total. The van der Waals surface area contributed by atoms with Crippen LogP contribution in [0.1, 0.15) is 34.0 Å². The largest absolute Gasteiger partial charge is 0.416 e. The molecule has 1 aliphatic rings. The van der Waals surface area contributed by atoms with Crippen molar-refractivity contribution < 1.29 is 18.0 Å². The molecule has 2 aromatic carbocycles. The number of carbonyl (C=O) groups is 1. The highest BCUT2D eigenvalue weighted by atomic mass is 35.5. The van der Waals surface area contributed by atoms with E-state index in [1.165, 1.54) is 13.0 Å². The van der Waals surface area contributed by atoms with Crippen molar-refractivity contribution in [2.45, 2.75) is 32.0 Å². The number of nitrogens with zero attached hydrogens (tertiary/aromatic N) is 1. The second-order valence-electron chi connectivity index (χ2n) is 7.38. The van der Waals surface area contributed by atoms with Gasteiger partial charge in [0.1, 0.15) is 6.04 Å². The van der Waals surface area contributed by atoms with Gasteiger partial charge in [0.05, 0.1) is 5.56 Å². The van der Waals surface area contributed by atoms with Crippen LogP contribution in [0.2, 0.25) is 0 Å². The third kappa shape index (κ3) is 3.68. The highest BCUT2D eigenvalue weighted by molar-refractivity contribution is 5.90. The van der Waals surface area contributed by atoms with Gasteiger partial charge < -0.3 is 15.6 Å². The Labute approximate surface area is 178 Å². The molecule has 4 nitrogen and oxygen atoms in total. The van der Waals surface area contributed by atoms with Crippen LogP contribution in [0, 0.1) is 6.92 Å². The highest BCUT2D eigenvalue weighted by Gasteiger charge is 2.36. The maximum absolute atomic E-state index is 13.5. The normalized spacial score (nSPS) is 15.2. The smallest absolute Gasteiger partial charge is 0.368 e. The van der Waals surface area contributed by atoms with Crippen molar-refractivity contribution in [1.29, 1.82) is 0 Å². The summed E-state index contributed by atoms with van der Waals surface area (Å²) >= 11 is 0. The van der Waals surface area contributed by atoms with E-state index in [2.05, 4.69) is 5.32 Å². The highest BCUT2D eigenvalue weighted by Crippen LogP contribution is 2.38. The summed E-state index contributed by atoms with van der Waals surface area (Å²) in [5.41, 5.74) is 8.27. The number of carbonyl (C=O) groups excluding carboxylic acids is 1. The molecule has 4 rings (SSSR count). The van der Waals surface area contributed by atoms with E-state index in [0.717, 1.165) is 47.7 Å². The third-order valence-corrected chi connectivity index (χ3v) is 5.72. The van der Waals surface area contributed by atoms with Crippen molar-refractivity contribution in [3.8, 4) is 0 Å². The lowest BCUT2D eigenvalue weighted by molar-refractivity contribution is -0.138. The minimum atomic E-state index is -4.50. The molecule has 8 heteroatoms. The van der Waals surface area contributed by atoms with Gasteiger partial charge >= 0.3 is 6.18 Å². The zero-order valence-corrected chi connectivity index (χ0v) is 17.2. The maximum atomic E-state index is 13.5. The van der Waals surface area contributed by atoms with E-state index < -0.39 is 23.7 Å². The first-order valence-electron chi connectivity index (χ1n) is 9.58. The number of rotatable bonds is 3. The van der Waals surface area contributed by atoms with E-state index in [1.807, 2.05) is 28.8 Å². The summed E-state index contributed by atoms with van der Waals surface area (Å²) in [6, 6.07) is 10.6. The molecule has 0 saturated heterocycles. The van der Waals surface area contributed by atoms with Gasteiger partial charge in [0.2, 0.25) is 5.91 Å². The van der Waals surface area contributed by atoms with Crippen LogP contribution in [0.3, 0.4) is 0 Å². The number of primary amides is 1. The van der Waals surface area contributed by atoms with Gasteiger partial charge in [-0.2, -0.15) is 13.2 Å². The van der Waals surface area contributed by atoms with Crippen LogP contribution in [-0.2, 0) is 23.8 Å². The van der Waals surface area contributed by atoms with Gasteiger partial charge in [-0.05, 0) is 48.7 Å². The van der Waals surface area contributed by atoms with Crippen LogP contribution in [0.4, 0.5) is 13.2 Å². The molecule has 0 fully saturated rings. The van der Waals surface area contributed by atoms with Gasteiger partial charge in [0.15, 0.2) is 0 Å². The summed E-state index contributed by atoms with van der Waals surface area (Å²) in [6.07, 6.45) is -3.04. The molecule has 0 bridgehead atoms. The van der Waals surface area contributed by atoms with Crippen LogP contribution in [0.15, 0.2) is 42.5 Å². The van der Waals surface area contributed by atoms with Crippen LogP contribution in [0.25, 0.3) is 10.9 Å². The summed E-state index contributed by atoms with van der Waals surface area (Å²) in [5.74, 6) is -0.673. The van der Waals surface area contributed by atoms with Gasteiger partial charge in [-0.25, -0.2) is 0 Å². The molecule has 0 saturated carbocycles. The van der Waals surface area contributed by atoms with Crippen molar-refractivity contribution in [1.82, 2.24) is 9.88 Å². The maximum Gasteiger partial charge on any atom is 0.416 e. The third-order valence-electron chi connectivity index (χ3n) is 5.72. The van der Waals surface area contributed by atoms with Gasteiger partial charge in [-0.15, -0.1) is 12.4 Å². The number of aromatic nitrogens is 1. The van der Waals surface area contributed by atoms with Crippen LogP contribution >= 0.6 is 12.4 Å². The molecular weight excluding hydrogens is 415 g/mol. The second-order valence-corrected chi connectivity index (χ2v) is 7.38. The molecule has 0 aliphatic carbocycles. The Hall–Kier alpha value is -2.51. The number of nitrogens with two attached hydrogens (primary N) is 1. The number of hydrogen-bond donors (Lipinski definition) is 2. The van der Waals surface area contributed by atoms with E-state index in [4.69, 9.17) is 5.73 Å². The lowest BCUT2D eigenvalue weighted by atomic mass is 9.95. The lowest BCUT2D eigenvalue weighted by Crippen LogP contribution is -2.30. The van der Waals surface area contributed by atoms with Crippen LogP contribution < -0.4 is 11.1 Å². The molecule has 1 amide bonds. The summed E-state index contributed by atoms with van der Waals surface area (Å²) in [5, 5.41) is 4.36. The van der Waals surface area contributed by atoms with Gasteiger partial charge in [0, 0.05) is 29.6 Å². The summed E-state index contributed by atoms with van der Waals surface area (Å²) < 4.78 is 42.3. The van der Waals surface area contributed by atoms with Crippen molar-refractivity contribution in [3.05, 3.63) is 70.4 Å². The Balaban J connectivity index is 0.00000256. The monoisotopic (exact) mass is 437 g/mol. The quantitative estimate of drug-likeness (QED) is 0.646. The molecule has 30 heavy (non-hydrogen) atoms. The average Bonchev–Trinajstić information content (AvgIpc) is 2.81. The average molecular weight is 438 g/mol. The van der Waals surface area contributed by atoms with Crippen LogP contribution in [-0.4, -0.2) is 23.6 Å². The SMILES string of the molecule is Cc1c(C(C(N)=O)n2c3c(c4ccccc42)CCNCC3)cccc1C(F)(F)F.Cl. The number of hydrogen-bond acceptors (Lipinski definition) is 2. The first-order chi connectivity index (χ1) is 13.8. The number of fused-ring (bicyclic) bond motifs is 3. The van der Waals surface area contributed by atoms with E-state index in [0.29, 0.717) is 6.42 Å². The first kappa shape index (κ1) is 22.2. The Kier molecular flexibility index (Phi) is 6.15. The molecule has 1 atom stereocenters. The fraction of sp³-hybridized carbons (Fsp3) is 0.318. The minimum absolute atomic E-state index is 0. The van der Waals surface area contributed by atoms with E-state index >= 15 is 0 Å². The number of nitrogens with one attached hydrogen (secondary N) is 1. The van der Waals surface area contributed by atoms with Crippen molar-refractivity contribution in [3.63, 3.8) is 0 Å². The number of amides is 1. The molecule has 3 aromatic rings. The summed E-state index contributed by atoms with van der Waals surface area (Å²) in [6.45, 7) is 2.95. The van der Waals surface area contributed by atoms with E-state index in [9.17, 15) is 18.0 Å². The van der Waals surface area contributed by atoms with E-state index in [1.54, 1.807) is 6.07 Å². The van der Waals surface area contributed by atoms with Gasteiger partial charge in [-0.3, -0.25) is 4.79 Å². The number of para-hydroxylation sites is 1. The molecule has 2 heterocycles. The summed E-state index contributed by atoms with van der Waals surface area (Å²) in [7, 11) is 0. The van der Waals surface area contributed by atoms with Gasteiger partial charge in [0.25, 0.3) is 0 Å². The number of halogens is 4. The fourth-order valence-electron chi connectivity index (χ4n) is 4.45. The Bertz CT molecular complexity index is 1090. The number of benzene rings is 2. The predicted molar refractivity (Wildman–Crippen MR) is 113 cm³/mol. The Morgan fingerprint density at radius 2 is 1.80 bits per heavy atom. The Morgan fingerprint density at radius 1 is 1.10 bits per heavy atom. The fourth-order valence-corrected chi connectivity index (χ4v) is 4.45. The first-order valence-corrected chi connectivity index (χ1v) is 9.58. The minimum Gasteiger partial charge on any atom is -0.368 e. The zero-order chi connectivity index (χ0) is 20.8. The predicted octanol–water partition coefficient (Wildman–Crippen LogP) is 4.15. The molecule has 1 unspecified atom stereocenters. The van der Waals surface area contributed by atoms with Crippen molar-refractivity contribution in [2.24, 2.45) is 5.73 Å². The number of alkyl halides is 3. The topological polar surface area (TPSA) is 60.1 Å². The molecule has 160 valence electrons. The molecular formula is C22H23ClF3N3O. The Morgan fingerprint density at radius 3 is 2.50 bits per heavy atom. The van der Waals surface area contributed by atoms with Gasteiger partial charge in [-0.1, -0.05) is 30.3 Å². The second kappa shape index (κ2) is 8.32. The standard InChI is InChI=1S/C22H22F3N3O.ClH/c1-13-14(6-4-7-17(13)22(23,24)25)20(21(26)29)28-18-8-3-2-5-15(18)16-9-11-27-12-10-19(16)28;/h2-8,20,27H,9-12H2,1H3,(H2,26,29);1H. The lowest BCUT2D eigenvalue weighted by Gasteiger charge is -2.24. The summed E-state index contributed by atoms with van der Waals surface area (Å²) in [4.78, 5) is 12.6. The van der Waals surface area contributed by atoms with Crippen LogP contribution in [0.5, 0.6) is 0 Å². The molecule has 0 radical (unpaired) electrons. The molecule has 0 spiro atoms. The zero-order valence-electron chi connectivity index (χ0n) is 16.4. The molecule has 1 aliphatic heterocycles. The van der Waals surface area contributed by atoms with E-state index in [-0.39, 0.29) is 23.5 Å².